The Morgan fingerprint density at radius 2 is 0.870 bits per heavy atom. The van der Waals surface area contributed by atoms with Gasteiger partial charge >= 0.3 is 24.3 Å². The number of nitrogens with two attached hydrogens (primary N) is 2. The van der Waals surface area contributed by atoms with Crippen molar-refractivity contribution in [3.05, 3.63) is 59.7 Å². The molecule has 0 spiro atoms. The summed E-state index contributed by atoms with van der Waals surface area (Å²) < 4.78 is 75.1. The molecule has 0 amide bonds. The van der Waals surface area contributed by atoms with Gasteiger partial charge in [-0.05, 0) is 86.8 Å². The normalized spacial score (nSPS) is 10.8. The predicted octanol–water partition coefficient (Wildman–Crippen LogP) is 6.49. The van der Waals surface area contributed by atoms with Gasteiger partial charge in [-0.3, -0.25) is 10.8 Å². The monoisotopic (exact) mass is 666 g/mol. The van der Waals surface area contributed by atoms with Crippen molar-refractivity contribution in [1.29, 1.82) is 10.8 Å². The Morgan fingerprint density at radius 3 is 1.11 bits per heavy atom. The van der Waals surface area contributed by atoms with E-state index in [9.17, 15) is 26.3 Å². The minimum atomic E-state index is -5.08. The minimum absolute atomic E-state index is 0.254. The molecule has 0 saturated carbocycles. The smallest absolute Gasteiger partial charge is 0.490 e. The molecule has 16 heteroatoms. The van der Waals surface area contributed by atoms with Gasteiger partial charge in [0.2, 0.25) is 0 Å². The summed E-state index contributed by atoms with van der Waals surface area (Å²) in [6.07, 6.45) is -0.842. The van der Waals surface area contributed by atoms with E-state index in [1.54, 1.807) is 0 Å². The molecule has 0 saturated heterocycles. The van der Waals surface area contributed by atoms with Crippen molar-refractivity contribution in [2.75, 3.05) is 13.2 Å². The maximum atomic E-state index is 10.6. The maximum Gasteiger partial charge on any atom is 0.490 e. The van der Waals surface area contributed by atoms with Crippen LogP contribution in [0.2, 0.25) is 0 Å². The first-order valence-electron chi connectivity index (χ1n) is 14.1. The van der Waals surface area contributed by atoms with Crippen molar-refractivity contribution in [3.8, 4) is 11.5 Å². The average molecular weight is 667 g/mol. The lowest BCUT2D eigenvalue weighted by molar-refractivity contribution is -0.193. The molecule has 0 atom stereocenters. The molecule has 258 valence electrons. The van der Waals surface area contributed by atoms with Crippen molar-refractivity contribution in [3.63, 3.8) is 0 Å². The number of ether oxygens (including phenoxy) is 2. The average Bonchev–Trinajstić information content (AvgIpc) is 2.95. The number of alkyl halides is 6. The molecule has 0 heterocycles. The number of nitrogens with one attached hydrogen (secondary N) is 2. The minimum Gasteiger partial charge on any atom is -0.494 e. The van der Waals surface area contributed by atoms with Crippen LogP contribution in [0.1, 0.15) is 62.5 Å². The number of carbonyl (C=O) groups is 2. The summed E-state index contributed by atoms with van der Waals surface area (Å²) in [6, 6.07) is 16.4. The molecule has 10 nitrogen and oxygen atoms in total. The maximum absolute atomic E-state index is 10.6. The molecule has 0 aromatic heterocycles. The second kappa shape index (κ2) is 22.1. The number of hydrogen-bond donors (Lipinski definition) is 6. The van der Waals surface area contributed by atoms with Crippen LogP contribution < -0.4 is 20.9 Å². The summed E-state index contributed by atoms with van der Waals surface area (Å²) >= 11 is 0. The largest absolute Gasteiger partial charge is 0.494 e. The van der Waals surface area contributed by atoms with E-state index >= 15 is 0 Å². The van der Waals surface area contributed by atoms with Gasteiger partial charge in [-0.1, -0.05) is 24.3 Å². The molecule has 8 N–H and O–H groups in total. The van der Waals surface area contributed by atoms with Crippen molar-refractivity contribution in [1.82, 2.24) is 0 Å². The lowest BCUT2D eigenvalue weighted by atomic mass is 10.1. The van der Waals surface area contributed by atoms with Gasteiger partial charge in [-0.25, -0.2) is 9.59 Å². The first-order valence-corrected chi connectivity index (χ1v) is 14.1. The Bertz CT molecular complexity index is 1100. The molecule has 0 aliphatic heterocycles. The third-order valence-electron chi connectivity index (χ3n) is 5.73. The number of hydrogen-bond acceptors (Lipinski definition) is 6. The number of halogens is 6. The zero-order chi connectivity index (χ0) is 35.2. The van der Waals surface area contributed by atoms with Gasteiger partial charge in [0, 0.05) is 12.8 Å². The fraction of sp³-hybridized carbons (Fsp3) is 0.467. The molecule has 0 fully saturated rings. The molecular formula is C30H40F6N4O6. The van der Waals surface area contributed by atoms with E-state index < -0.39 is 24.3 Å². The van der Waals surface area contributed by atoms with Crippen LogP contribution in [-0.4, -0.2) is 59.4 Å². The fourth-order valence-corrected chi connectivity index (χ4v) is 3.41. The standard InChI is InChI=1S/C26H38N4O2.2C2HF3O2/c27-25(28)9-5-7-21-11-15-23(16-12-21)31-19-3-1-2-4-20-32-24-17-13-22(14-18-24)8-6-10-26(29)30;2*3-2(4,5)1(6)7/h11-18H,1-10,19-20H2,(H3,27,28)(H3,29,30);2*(H,6,7). The summed E-state index contributed by atoms with van der Waals surface area (Å²) in [7, 11) is 0. The summed E-state index contributed by atoms with van der Waals surface area (Å²) in [5.41, 5.74) is 13.3. The Labute approximate surface area is 262 Å². The summed E-state index contributed by atoms with van der Waals surface area (Å²) in [5.74, 6) is -3.19. The molecule has 2 aromatic carbocycles. The Hall–Kier alpha value is -4.50. The van der Waals surface area contributed by atoms with E-state index in [4.69, 9.17) is 51.6 Å². The number of aryl methyl sites for hydroxylation is 2. The fourth-order valence-electron chi connectivity index (χ4n) is 3.41. The lowest BCUT2D eigenvalue weighted by Gasteiger charge is -2.09. The van der Waals surface area contributed by atoms with E-state index in [2.05, 4.69) is 24.3 Å². The summed E-state index contributed by atoms with van der Waals surface area (Å²) in [5, 5.41) is 28.8. The van der Waals surface area contributed by atoms with Crippen LogP contribution in [-0.2, 0) is 22.4 Å². The van der Waals surface area contributed by atoms with Gasteiger partial charge < -0.3 is 31.2 Å². The van der Waals surface area contributed by atoms with Crippen molar-refractivity contribution >= 4 is 23.6 Å². The number of carboxylic acid groups (broad SMARTS) is 2. The van der Waals surface area contributed by atoms with Crippen LogP contribution in [0.25, 0.3) is 0 Å². The number of unbranched alkanes of at least 4 members (excludes halogenated alkanes) is 3. The number of aliphatic carboxylic acids is 2. The molecule has 46 heavy (non-hydrogen) atoms. The van der Waals surface area contributed by atoms with E-state index in [0.717, 1.165) is 76.1 Å². The number of carboxylic acids is 2. The van der Waals surface area contributed by atoms with E-state index in [1.165, 1.54) is 11.1 Å². The van der Waals surface area contributed by atoms with Gasteiger partial charge in [0.05, 0.1) is 24.9 Å². The summed E-state index contributed by atoms with van der Waals surface area (Å²) in [6.45, 7) is 1.46. The molecule has 0 unspecified atom stereocenters. The number of benzene rings is 2. The Kier molecular flexibility index (Phi) is 19.9. The van der Waals surface area contributed by atoms with Crippen LogP contribution in [0.4, 0.5) is 26.3 Å². The molecule has 0 aliphatic rings. The first kappa shape index (κ1) is 41.5. The SMILES string of the molecule is N=C(N)CCCc1ccc(OCCCCCCOc2ccc(CCCC(=N)N)cc2)cc1.O=C(O)C(F)(F)F.O=C(O)C(F)(F)F. The third-order valence-corrected chi connectivity index (χ3v) is 5.73. The highest BCUT2D eigenvalue weighted by Gasteiger charge is 2.38. The van der Waals surface area contributed by atoms with Gasteiger partial charge in [-0.2, -0.15) is 26.3 Å². The van der Waals surface area contributed by atoms with Gasteiger partial charge in [0.25, 0.3) is 0 Å². The zero-order valence-electron chi connectivity index (χ0n) is 25.1. The number of rotatable bonds is 17. The Balaban J connectivity index is 0.00000120. The van der Waals surface area contributed by atoms with Crippen LogP contribution >= 0.6 is 0 Å². The van der Waals surface area contributed by atoms with Crippen LogP contribution in [0, 0.1) is 10.8 Å². The van der Waals surface area contributed by atoms with E-state index in [-0.39, 0.29) is 11.7 Å². The van der Waals surface area contributed by atoms with Crippen molar-refractivity contribution in [2.45, 2.75) is 76.6 Å². The van der Waals surface area contributed by atoms with Crippen LogP contribution in [0.3, 0.4) is 0 Å². The summed E-state index contributed by atoms with van der Waals surface area (Å²) in [4.78, 5) is 17.8. The third kappa shape index (κ3) is 23.0. The topological polar surface area (TPSA) is 193 Å². The highest BCUT2D eigenvalue weighted by molar-refractivity contribution is 5.77. The highest BCUT2D eigenvalue weighted by atomic mass is 19.4. The van der Waals surface area contributed by atoms with E-state index in [0.29, 0.717) is 12.8 Å². The van der Waals surface area contributed by atoms with Crippen molar-refractivity contribution < 1.29 is 55.6 Å². The number of amidine groups is 2. The quantitative estimate of drug-likeness (QED) is 0.0477. The second-order valence-electron chi connectivity index (χ2n) is 9.76. The highest BCUT2D eigenvalue weighted by Crippen LogP contribution is 2.17. The van der Waals surface area contributed by atoms with Gasteiger partial charge in [0.1, 0.15) is 11.5 Å². The van der Waals surface area contributed by atoms with Crippen LogP contribution in [0.5, 0.6) is 11.5 Å². The van der Waals surface area contributed by atoms with Gasteiger partial charge in [-0.15, -0.1) is 0 Å². The first-order chi connectivity index (χ1) is 21.4. The molecule has 0 aliphatic carbocycles. The lowest BCUT2D eigenvalue weighted by Crippen LogP contribution is -2.21. The van der Waals surface area contributed by atoms with Crippen LogP contribution in [0.15, 0.2) is 48.5 Å². The van der Waals surface area contributed by atoms with E-state index in [1.807, 2.05) is 24.3 Å². The van der Waals surface area contributed by atoms with Gasteiger partial charge in [0.15, 0.2) is 0 Å². The predicted molar refractivity (Wildman–Crippen MR) is 159 cm³/mol. The molecule has 0 radical (unpaired) electrons. The second-order valence-corrected chi connectivity index (χ2v) is 9.76. The molecular weight excluding hydrogens is 626 g/mol. The molecule has 0 bridgehead atoms. The zero-order valence-corrected chi connectivity index (χ0v) is 25.1. The molecule has 2 aromatic rings. The van der Waals surface area contributed by atoms with Crippen molar-refractivity contribution in [2.24, 2.45) is 11.5 Å². The molecule has 2 rings (SSSR count). The Morgan fingerprint density at radius 1 is 0.587 bits per heavy atom.